The summed E-state index contributed by atoms with van der Waals surface area (Å²) in [4.78, 5) is 10.7. The summed E-state index contributed by atoms with van der Waals surface area (Å²) >= 11 is 1.20. The van der Waals surface area contributed by atoms with Crippen LogP contribution in [0.2, 0.25) is 0 Å². The van der Waals surface area contributed by atoms with Crippen molar-refractivity contribution >= 4 is 17.7 Å². The summed E-state index contributed by atoms with van der Waals surface area (Å²) in [5, 5.41) is 17.9. The van der Waals surface area contributed by atoms with Crippen LogP contribution in [-0.4, -0.2) is 31.6 Å². The highest BCUT2D eigenvalue weighted by Gasteiger charge is 2.17. The van der Waals surface area contributed by atoms with Gasteiger partial charge in [-0.25, -0.2) is 0 Å². The van der Waals surface area contributed by atoms with Crippen LogP contribution in [0.4, 0.5) is 0 Å². The molecule has 21 heavy (non-hydrogen) atoms. The van der Waals surface area contributed by atoms with E-state index in [1.54, 1.807) is 0 Å². The van der Waals surface area contributed by atoms with E-state index in [-0.39, 0.29) is 11.8 Å². The highest BCUT2D eigenvalue weighted by molar-refractivity contribution is 7.99. The lowest BCUT2D eigenvalue weighted by atomic mass is 10.1. The first-order chi connectivity index (χ1) is 9.90. The van der Waals surface area contributed by atoms with E-state index >= 15 is 0 Å². The minimum Gasteiger partial charge on any atom is -0.481 e. The van der Waals surface area contributed by atoms with Gasteiger partial charge in [0.2, 0.25) is 0 Å². The van der Waals surface area contributed by atoms with Gasteiger partial charge >= 0.3 is 5.97 Å². The van der Waals surface area contributed by atoms with Gasteiger partial charge in [0.05, 0.1) is 5.75 Å². The second-order valence-corrected chi connectivity index (χ2v) is 6.19. The number of aryl methyl sites for hydroxylation is 2. The van der Waals surface area contributed by atoms with Crippen LogP contribution in [0.5, 0.6) is 0 Å². The van der Waals surface area contributed by atoms with Gasteiger partial charge < -0.3 is 5.11 Å². The molecule has 0 saturated heterocycles. The number of carbonyl (C=O) groups is 1. The van der Waals surface area contributed by atoms with Crippen molar-refractivity contribution in [1.82, 2.24) is 14.8 Å². The second kappa shape index (κ2) is 6.30. The zero-order valence-electron chi connectivity index (χ0n) is 12.6. The predicted molar refractivity (Wildman–Crippen MR) is 83.7 cm³/mol. The fourth-order valence-corrected chi connectivity index (χ4v) is 2.83. The molecule has 0 unspecified atom stereocenters. The Morgan fingerprint density at radius 2 is 2.00 bits per heavy atom. The zero-order valence-corrected chi connectivity index (χ0v) is 13.4. The van der Waals surface area contributed by atoms with Crippen molar-refractivity contribution in [1.29, 1.82) is 0 Å². The maximum atomic E-state index is 10.7. The van der Waals surface area contributed by atoms with Crippen molar-refractivity contribution in [3.05, 3.63) is 29.3 Å². The van der Waals surface area contributed by atoms with Gasteiger partial charge in [-0.2, -0.15) is 0 Å². The average Bonchev–Trinajstić information content (AvgIpc) is 2.83. The van der Waals surface area contributed by atoms with Crippen molar-refractivity contribution in [2.24, 2.45) is 0 Å². The summed E-state index contributed by atoms with van der Waals surface area (Å²) in [5.74, 6) is -0.0929. The van der Waals surface area contributed by atoms with Crippen molar-refractivity contribution < 1.29 is 9.90 Å². The van der Waals surface area contributed by atoms with Gasteiger partial charge in [-0.3, -0.25) is 9.36 Å². The molecule has 5 nitrogen and oxygen atoms in total. The van der Waals surface area contributed by atoms with E-state index in [2.05, 4.69) is 36.2 Å². The van der Waals surface area contributed by atoms with Crippen LogP contribution < -0.4 is 0 Å². The number of carboxylic acids is 1. The van der Waals surface area contributed by atoms with E-state index in [0.717, 1.165) is 11.4 Å². The van der Waals surface area contributed by atoms with Crippen LogP contribution in [-0.2, 0) is 4.79 Å². The summed E-state index contributed by atoms with van der Waals surface area (Å²) in [6.07, 6.45) is 0. The minimum absolute atomic E-state index is 0.0161. The van der Waals surface area contributed by atoms with E-state index in [1.807, 2.05) is 24.5 Å². The number of aliphatic carboxylic acids is 1. The Labute approximate surface area is 128 Å². The molecule has 2 rings (SSSR count). The van der Waals surface area contributed by atoms with Gasteiger partial charge in [-0.1, -0.05) is 23.9 Å². The average molecular weight is 305 g/mol. The maximum Gasteiger partial charge on any atom is 0.313 e. The molecule has 0 aliphatic carbocycles. The number of thioether (sulfide) groups is 1. The molecular formula is C15H19N3O2S. The molecule has 0 aliphatic heterocycles. The van der Waals surface area contributed by atoms with Crippen molar-refractivity contribution in [2.45, 2.75) is 38.9 Å². The number of hydrogen-bond acceptors (Lipinski definition) is 4. The van der Waals surface area contributed by atoms with Gasteiger partial charge in [0.1, 0.15) is 0 Å². The maximum absolute atomic E-state index is 10.7. The van der Waals surface area contributed by atoms with Crippen LogP contribution in [0.15, 0.2) is 23.4 Å². The number of carboxylic acid groups (broad SMARTS) is 1. The van der Waals surface area contributed by atoms with Crippen molar-refractivity contribution in [2.75, 3.05) is 5.75 Å². The van der Waals surface area contributed by atoms with E-state index in [9.17, 15) is 4.79 Å². The van der Waals surface area contributed by atoms with E-state index in [0.29, 0.717) is 5.16 Å². The smallest absolute Gasteiger partial charge is 0.313 e. The summed E-state index contributed by atoms with van der Waals surface area (Å²) in [7, 11) is 0. The van der Waals surface area contributed by atoms with Crippen LogP contribution in [0.1, 0.15) is 31.0 Å². The number of aromatic nitrogens is 3. The van der Waals surface area contributed by atoms with E-state index < -0.39 is 5.97 Å². The fraction of sp³-hybridized carbons (Fsp3) is 0.400. The quantitative estimate of drug-likeness (QED) is 0.858. The molecule has 2 aromatic rings. The van der Waals surface area contributed by atoms with Gasteiger partial charge in [-0.15, -0.1) is 10.2 Å². The monoisotopic (exact) mass is 305 g/mol. The largest absolute Gasteiger partial charge is 0.481 e. The zero-order chi connectivity index (χ0) is 15.6. The molecule has 6 heteroatoms. The molecule has 0 amide bonds. The number of hydrogen-bond donors (Lipinski definition) is 1. The lowest BCUT2D eigenvalue weighted by Gasteiger charge is -2.14. The molecule has 1 aromatic heterocycles. The first-order valence-electron chi connectivity index (χ1n) is 6.77. The Hall–Kier alpha value is -1.82. The normalized spacial score (nSPS) is 11.1. The highest BCUT2D eigenvalue weighted by Crippen LogP contribution is 2.28. The topological polar surface area (TPSA) is 68.0 Å². The minimum atomic E-state index is -0.856. The highest BCUT2D eigenvalue weighted by atomic mass is 32.2. The molecule has 0 bridgehead atoms. The molecule has 1 N–H and O–H groups in total. The lowest BCUT2D eigenvalue weighted by molar-refractivity contribution is -0.133. The molecule has 0 atom stereocenters. The third-order valence-electron chi connectivity index (χ3n) is 3.27. The molecule has 0 radical (unpaired) electrons. The molecular weight excluding hydrogens is 286 g/mol. The van der Waals surface area contributed by atoms with Crippen LogP contribution in [0, 0.1) is 13.8 Å². The van der Waals surface area contributed by atoms with E-state index in [4.69, 9.17) is 5.11 Å². The second-order valence-electron chi connectivity index (χ2n) is 5.25. The molecule has 0 saturated carbocycles. The third kappa shape index (κ3) is 3.44. The van der Waals surface area contributed by atoms with Gasteiger partial charge in [0.15, 0.2) is 11.0 Å². The Kier molecular flexibility index (Phi) is 4.67. The molecule has 1 aromatic carbocycles. The van der Waals surface area contributed by atoms with Gasteiger partial charge in [0.25, 0.3) is 0 Å². The van der Waals surface area contributed by atoms with Crippen LogP contribution in [0.3, 0.4) is 0 Å². The predicted octanol–water partition coefficient (Wildman–Crippen LogP) is 3.32. The van der Waals surface area contributed by atoms with Crippen molar-refractivity contribution in [3.63, 3.8) is 0 Å². The fourth-order valence-electron chi connectivity index (χ4n) is 2.04. The number of rotatable bonds is 5. The number of benzene rings is 1. The van der Waals surface area contributed by atoms with E-state index in [1.165, 1.54) is 22.9 Å². The standard InChI is InChI=1S/C15H19N3O2S/c1-9(2)18-14(12-6-5-10(3)11(4)7-12)16-17-15(18)21-8-13(19)20/h5-7,9H,8H2,1-4H3,(H,19,20). The summed E-state index contributed by atoms with van der Waals surface area (Å²) in [5.41, 5.74) is 3.43. The lowest BCUT2D eigenvalue weighted by Crippen LogP contribution is -2.07. The Bertz CT molecular complexity index is 665. The summed E-state index contributed by atoms with van der Waals surface area (Å²) in [6, 6.07) is 6.34. The van der Waals surface area contributed by atoms with Crippen LogP contribution >= 0.6 is 11.8 Å². The Morgan fingerprint density at radius 3 is 2.57 bits per heavy atom. The SMILES string of the molecule is Cc1ccc(-c2nnc(SCC(=O)O)n2C(C)C)cc1C. The number of nitrogens with zero attached hydrogens (tertiary/aromatic N) is 3. The first-order valence-corrected chi connectivity index (χ1v) is 7.76. The van der Waals surface area contributed by atoms with Crippen LogP contribution in [0.25, 0.3) is 11.4 Å². The molecule has 0 spiro atoms. The molecule has 0 fully saturated rings. The van der Waals surface area contributed by atoms with Gasteiger partial charge in [0, 0.05) is 11.6 Å². The molecule has 1 heterocycles. The summed E-state index contributed by atoms with van der Waals surface area (Å²) < 4.78 is 1.98. The molecule has 0 aliphatic rings. The Balaban J connectivity index is 2.43. The Morgan fingerprint density at radius 1 is 1.29 bits per heavy atom. The van der Waals surface area contributed by atoms with Crippen molar-refractivity contribution in [3.8, 4) is 11.4 Å². The first kappa shape index (κ1) is 15.6. The molecule has 112 valence electrons. The summed E-state index contributed by atoms with van der Waals surface area (Å²) in [6.45, 7) is 8.22. The third-order valence-corrected chi connectivity index (χ3v) is 4.20. The van der Waals surface area contributed by atoms with Gasteiger partial charge in [-0.05, 0) is 44.9 Å².